The minimum Gasteiger partial charge on any atom is -0.494 e. The SMILES string of the molecule is Fc1ccc2c(C3CCN(CCCOc4ccccc4)CC3)noc2c1. The molecule has 0 bridgehead atoms. The van der Waals surface area contributed by atoms with Crippen LogP contribution in [0.4, 0.5) is 4.39 Å². The third kappa shape index (κ3) is 3.88. The van der Waals surface area contributed by atoms with Crippen LogP contribution in [0.1, 0.15) is 30.9 Å². The van der Waals surface area contributed by atoms with Crippen molar-refractivity contribution in [3.05, 3.63) is 60.0 Å². The van der Waals surface area contributed by atoms with Crippen LogP contribution < -0.4 is 4.74 Å². The lowest BCUT2D eigenvalue weighted by atomic mass is 9.91. The number of piperidine rings is 1. The van der Waals surface area contributed by atoms with Crippen LogP contribution in [0.15, 0.2) is 53.1 Å². The van der Waals surface area contributed by atoms with E-state index in [9.17, 15) is 4.39 Å². The van der Waals surface area contributed by atoms with E-state index in [0.717, 1.165) is 62.3 Å². The molecule has 4 nitrogen and oxygen atoms in total. The van der Waals surface area contributed by atoms with Crippen LogP contribution in [-0.4, -0.2) is 36.3 Å². The van der Waals surface area contributed by atoms with Crippen molar-refractivity contribution < 1.29 is 13.7 Å². The Hall–Kier alpha value is -2.40. The van der Waals surface area contributed by atoms with Gasteiger partial charge in [0, 0.05) is 23.9 Å². The second-order valence-corrected chi connectivity index (χ2v) is 6.84. The summed E-state index contributed by atoms with van der Waals surface area (Å²) < 4.78 is 24.4. The van der Waals surface area contributed by atoms with Crippen molar-refractivity contribution in [3.63, 3.8) is 0 Å². The first kappa shape index (κ1) is 17.0. The Kier molecular flexibility index (Phi) is 5.16. The number of hydrogen-bond donors (Lipinski definition) is 0. The van der Waals surface area contributed by atoms with Crippen LogP contribution in [0.2, 0.25) is 0 Å². The van der Waals surface area contributed by atoms with E-state index in [0.29, 0.717) is 11.5 Å². The van der Waals surface area contributed by atoms with Gasteiger partial charge >= 0.3 is 0 Å². The van der Waals surface area contributed by atoms with Gasteiger partial charge in [0.05, 0.1) is 12.3 Å². The van der Waals surface area contributed by atoms with Gasteiger partial charge in [-0.15, -0.1) is 0 Å². The molecule has 1 fully saturated rings. The van der Waals surface area contributed by atoms with Gasteiger partial charge in [-0.2, -0.15) is 0 Å². The summed E-state index contributed by atoms with van der Waals surface area (Å²) in [5.41, 5.74) is 1.52. The summed E-state index contributed by atoms with van der Waals surface area (Å²) in [5.74, 6) is 1.03. The van der Waals surface area contributed by atoms with Gasteiger partial charge in [-0.3, -0.25) is 0 Å². The number of hydrogen-bond acceptors (Lipinski definition) is 4. The maximum absolute atomic E-state index is 13.3. The number of fused-ring (bicyclic) bond motifs is 1. The third-order valence-corrected chi connectivity index (χ3v) is 5.07. The van der Waals surface area contributed by atoms with Crippen LogP contribution in [0.3, 0.4) is 0 Å². The zero-order chi connectivity index (χ0) is 17.8. The summed E-state index contributed by atoms with van der Waals surface area (Å²) in [4.78, 5) is 2.48. The van der Waals surface area contributed by atoms with Crippen molar-refractivity contribution in [1.82, 2.24) is 10.1 Å². The number of ether oxygens (including phenoxy) is 1. The molecule has 1 saturated heterocycles. The average molecular weight is 354 g/mol. The van der Waals surface area contributed by atoms with E-state index in [-0.39, 0.29) is 5.82 Å². The minimum atomic E-state index is -0.284. The summed E-state index contributed by atoms with van der Waals surface area (Å²) in [7, 11) is 0. The first-order valence-electron chi connectivity index (χ1n) is 9.24. The lowest BCUT2D eigenvalue weighted by molar-refractivity contribution is 0.191. The van der Waals surface area contributed by atoms with E-state index in [1.165, 1.54) is 12.1 Å². The number of halogens is 1. The number of nitrogens with zero attached hydrogens (tertiary/aromatic N) is 2. The Labute approximate surface area is 152 Å². The topological polar surface area (TPSA) is 38.5 Å². The molecule has 0 saturated carbocycles. The van der Waals surface area contributed by atoms with Crippen molar-refractivity contribution in [2.45, 2.75) is 25.2 Å². The Morgan fingerprint density at radius 3 is 2.73 bits per heavy atom. The molecule has 0 unspecified atom stereocenters. The predicted octanol–water partition coefficient (Wildman–Crippen LogP) is 4.62. The van der Waals surface area contributed by atoms with Gasteiger partial charge in [0.1, 0.15) is 11.6 Å². The molecule has 5 heteroatoms. The van der Waals surface area contributed by atoms with Gasteiger partial charge < -0.3 is 14.2 Å². The highest BCUT2D eigenvalue weighted by atomic mass is 19.1. The maximum atomic E-state index is 13.3. The summed E-state index contributed by atoms with van der Waals surface area (Å²) in [6.45, 7) is 3.88. The van der Waals surface area contributed by atoms with Gasteiger partial charge in [0.25, 0.3) is 0 Å². The van der Waals surface area contributed by atoms with Crippen molar-refractivity contribution in [2.75, 3.05) is 26.2 Å². The van der Waals surface area contributed by atoms with Crippen molar-refractivity contribution >= 4 is 11.0 Å². The molecule has 1 aromatic heterocycles. The molecule has 0 radical (unpaired) electrons. The predicted molar refractivity (Wildman–Crippen MR) is 98.9 cm³/mol. The van der Waals surface area contributed by atoms with Crippen molar-refractivity contribution in [2.24, 2.45) is 0 Å². The molecule has 2 aromatic carbocycles. The molecule has 3 aromatic rings. The van der Waals surface area contributed by atoms with E-state index in [1.54, 1.807) is 6.07 Å². The molecule has 0 aliphatic carbocycles. The molecule has 2 heterocycles. The summed E-state index contributed by atoms with van der Waals surface area (Å²) in [6, 6.07) is 14.6. The fourth-order valence-electron chi connectivity index (χ4n) is 3.65. The molecule has 4 rings (SSSR count). The van der Waals surface area contributed by atoms with Gasteiger partial charge in [0.2, 0.25) is 0 Å². The monoisotopic (exact) mass is 354 g/mol. The summed E-state index contributed by atoms with van der Waals surface area (Å²) in [5, 5.41) is 5.16. The third-order valence-electron chi connectivity index (χ3n) is 5.07. The fourth-order valence-corrected chi connectivity index (χ4v) is 3.65. The first-order chi connectivity index (χ1) is 12.8. The maximum Gasteiger partial charge on any atom is 0.170 e. The molecular formula is C21H23FN2O2. The molecule has 1 aliphatic heterocycles. The Morgan fingerprint density at radius 2 is 1.92 bits per heavy atom. The Bertz CT molecular complexity index is 842. The minimum absolute atomic E-state index is 0.284. The zero-order valence-corrected chi connectivity index (χ0v) is 14.7. The zero-order valence-electron chi connectivity index (χ0n) is 14.7. The molecule has 26 heavy (non-hydrogen) atoms. The molecule has 0 atom stereocenters. The molecule has 0 N–H and O–H groups in total. The fraction of sp³-hybridized carbons (Fsp3) is 0.381. The quantitative estimate of drug-likeness (QED) is 0.606. The largest absolute Gasteiger partial charge is 0.494 e. The number of likely N-dealkylation sites (tertiary alicyclic amines) is 1. The average Bonchev–Trinajstić information content (AvgIpc) is 3.09. The Balaban J connectivity index is 1.25. The number of rotatable bonds is 6. The normalized spacial score (nSPS) is 16.2. The van der Waals surface area contributed by atoms with E-state index in [2.05, 4.69) is 10.1 Å². The highest BCUT2D eigenvalue weighted by molar-refractivity contribution is 5.79. The van der Waals surface area contributed by atoms with Gasteiger partial charge in [-0.05, 0) is 56.6 Å². The van der Waals surface area contributed by atoms with Crippen LogP contribution in [0.5, 0.6) is 5.75 Å². The van der Waals surface area contributed by atoms with Gasteiger partial charge in [-0.25, -0.2) is 4.39 Å². The Morgan fingerprint density at radius 1 is 1.12 bits per heavy atom. The van der Waals surface area contributed by atoms with E-state index >= 15 is 0 Å². The summed E-state index contributed by atoms with van der Waals surface area (Å²) in [6.07, 6.45) is 3.13. The lowest BCUT2D eigenvalue weighted by Crippen LogP contribution is -2.34. The van der Waals surface area contributed by atoms with Crippen LogP contribution in [0, 0.1) is 5.82 Å². The van der Waals surface area contributed by atoms with E-state index < -0.39 is 0 Å². The smallest absolute Gasteiger partial charge is 0.170 e. The van der Waals surface area contributed by atoms with E-state index in [4.69, 9.17) is 9.26 Å². The van der Waals surface area contributed by atoms with Crippen LogP contribution in [0.25, 0.3) is 11.0 Å². The van der Waals surface area contributed by atoms with Crippen molar-refractivity contribution in [3.8, 4) is 5.75 Å². The molecule has 0 spiro atoms. The number of benzene rings is 2. The second-order valence-electron chi connectivity index (χ2n) is 6.84. The molecular weight excluding hydrogens is 331 g/mol. The summed E-state index contributed by atoms with van der Waals surface area (Å²) >= 11 is 0. The molecule has 136 valence electrons. The highest BCUT2D eigenvalue weighted by Crippen LogP contribution is 2.32. The first-order valence-corrected chi connectivity index (χ1v) is 9.24. The lowest BCUT2D eigenvalue weighted by Gasteiger charge is -2.31. The number of aromatic nitrogens is 1. The van der Waals surface area contributed by atoms with E-state index in [1.807, 2.05) is 30.3 Å². The standard InChI is InChI=1S/C21H23FN2O2/c22-17-7-8-19-20(15-17)26-23-21(19)16-9-12-24(13-10-16)11-4-14-25-18-5-2-1-3-6-18/h1-3,5-8,15-16H,4,9-14H2. The second kappa shape index (κ2) is 7.87. The van der Waals surface area contributed by atoms with Crippen molar-refractivity contribution in [1.29, 1.82) is 0 Å². The van der Waals surface area contributed by atoms with Gasteiger partial charge in [-0.1, -0.05) is 23.4 Å². The highest BCUT2D eigenvalue weighted by Gasteiger charge is 2.24. The molecule has 1 aliphatic rings. The molecule has 0 amide bonds. The van der Waals surface area contributed by atoms with Gasteiger partial charge in [0.15, 0.2) is 5.58 Å². The number of para-hydroxylation sites is 1. The van der Waals surface area contributed by atoms with Crippen LogP contribution in [-0.2, 0) is 0 Å². The van der Waals surface area contributed by atoms with Crippen LogP contribution >= 0.6 is 0 Å².